The zero-order chi connectivity index (χ0) is 25.5. The van der Waals surface area contributed by atoms with Crippen LogP contribution in [0.5, 0.6) is 0 Å². The summed E-state index contributed by atoms with van der Waals surface area (Å²) in [5.74, 6) is -1.14. The van der Waals surface area contributed by atoms with E-state index < -0.39 is 53.5 Å². The molecule has 12 heteroatoms. The van der Waals surface area contributed by atoms with E-state index in [2.05, 4.69) is 10.1 Å². The van der Waals surface area contributed by atoms with Gasteiger partial charge >= 0.3 is 11.9 Å². The highest BCUT2D eigenvalue weighted by molar-refractivity contribution is 5.83. The first-order chi connectivity index (χ1) is 15.7. The number of hydrogen-bond donors (Lipinski definition) is 3. The number of ether oxygens (including phenoxy) is 3. The number of esters is 2. The maximum absolute atomic E-state index is 12.7. The molecule has 3 heterocycles. The molecule has 4 atom stereocenters. The van der Waals surface area contributed by atoms with Crippen LogP contribution in [0.1, 0.15) is 46.7 Å². The zero-order valence-electron chi connectivity index (χ0n) is 19.7. The number of rotatable bonds is 6. The lowest BCUT2D eigenvalue weighted by atomic mass is 9.89. The van der Waals surface area contributed by atoms with Crippen LogP contribution in [-0.2, 0) is 29.4 Å². The second kappa shape index (κ2) is 8.83. The summed E-state index contributed by atoms with van der Waals surface area (Å²) >= 11 is 0. The van der Waals surface area contributed by atoms with Gasteiger partial charge in [-0.05, 0) is 46.8 Å². The van der Waals surface area contributed by atoms with Crippen molar-refractivity contribution in [2.24, 2.45) is 5.41 Å². The van der Waals surface area contributed by atoms with E-state index in [0.717, 1.165) is 0 Å². The lowest BCUT2D eigenvalue weighted by Gasteiger charge is -2.26. The van der Waals surface area contributed by atoms with Gasteiger partial charge in [0.15, 0.2) is 5.82 Å². The number of aromatic nitrogens is 3. The monoisotopic (exact) mass is 475 g/mol. The first-order valence-electron chi connectivity index (χ1n) is 10.6. The molecule has 0 radical (unpaired) electrons. The minimum absolute atomic E-state index is 0.129. The second-order valence-electron chi connectivity index (χ2n) is 9.85. The Hall–Kier alpha value is -3.27. The van der Waals surface area contributed by atoms with Crippen LogP contribution >= 0.6 is 0 Å². The molecule has 0 unspecified atom stereocenters. The number of anilines is 1. The molecule has 3 rings (SSSR count). The van der Waals surface area contributed by atoms with Gasteiger partial charge in [-0.25, -0.2) is 9.50 Å². The number of nitrogens with two attached hydrogens (primary N) is 1. The van der Waals surface area contributed by atoms with E-state index in [-0.39, 0.29) is 17.9 Å². The predicted molar refractivity (Wildman–Crippen MR) is 117 cm³/mol. The van der Waals surface area contributed by atoms with Crippen molar-refractivity contribution in [1.82, 2.24) is 14.6 Å². The molecule has 2 aromatic rings. The Morgan fingerprint density at radius 2 is 1.97 bits per heavy atom. The minimum atomic E-state index is -2.00. The molecule has 0 saturated carbocycles. The summed E-state index contributed by atoms with van der Waals surface area (Å²) in [6.45, 7) is 7.74. The van der Waals surface area contributed by atoms with Crippen LogP contribution in [0, 0.1) is 16.7 Å². The van der Waals surface area contributed by atoms with E-state index >= 15 is 0 Å². The molecule has 4 N–H and O–H groups in total. The summed E-state index contributed by atoms with van der Waals surface area (Å²) < 4.78 is 17.6. The summed E-state index contributed by atoms with van der Waals surface area (Å²) in [4.78, 5) is 28.7. The molecule has 0 amide bonds. The lowest BCUT2D eigenvalue weighted by Crippen LogP contribution is -2.41. The van der Waals surface area contributed by atoms with E-state index in [1.54, 1.807) is 26.8 Å². The van der Waals surface area contributed by atoms with Crippen molar-refractivity contribution >= 4 is 23.3 Å². The number of aliphatic hydroxyl groups excluding tert-OH is 2. The highest BCUT2D eigenvalue weighted by atomic mass is 16.6. The predicted octanol–water partition coefficient (Wildman–Crippen LogP) is 0.452. The van der Waals surface area contributed by atoms with Crippen molar-refractivity contribution in [3.05, 3.63) is 24.2 Å². The molecule has 1 aliphatic heterocycles. The smallest absolute Gasteiger partial charge is 0.312 e. The Kier molecular flexibility index (Phi) is 6.58. The van der Waals surface area contributed by atoms with Crippen molar-refractivity contribution in [1.29, 1.82) is 5.26 Å². The van der Waals surface area contributed by atoms with Gasteiger partial charge in [0.2, 0.25) is 5.60 Å². The van der Waals surface area contributed by atoms with Crippen LogP contribution in [0.4, 0.5) is 5.82 Å². The van der Waals surface area contributed by atoms with Crippen LogP contribution in [0.3, 0.4) is 0 Å². The molecular weight excluding hydrogens is 446 g/mol. The quantitative estimate of drug-likeness (QED) is 0.493. The summed E-state index contributed by atoms with van der Waals surface area (Å²) in [7, 11) is 0. The van der Waals surface area contributed by atoms with Crippen LogP contribution in [0.2, 0.25) is 0 Å². The molecule has 0 aliphatic carbocycles. The maximum atomic E-state index is 12.7. The molecule has 0 spiro atoms. The number of nitrogens with zero attached hydrogens (tertiary/aromatic N) is 4. The first-order valence-corrected chi connectivity index (χ1v) is 10.6. The highest BCUT2D eigenvalue weighted by Gasteiger charge is 2.58. The zero-order valence-corrected chi connectivity index (χ0v) is 19.7. The second-order valence-corrected chi connectivity index (χ2v) is 9.85. The van der Waals surface area contributed by atoms with Crippen LogP contribution in [0.15, 0.2) is 18.5 Å². The van der Waals surface area contributed by atoms with Crippen molar-refractivity contribution < 1.29 is 34.0 Å². The molecule has 34 heavy (non-hydrogen) atoms. The van der Waals surface area contributed by atoms with Crippen molar-refractivity contribution in [2.75, 3.05) is 12.3 Å². The average Bonchev–Trinajstić information content (AvgIpc) is 3.26. The van der Waals surface area contributed by atoms with Gasteiger partial charge < -0.3 is 30.2 Å². The summed E-state index contributed by atoms with van der Waals surface area (Å²) in [5, 5.41) is 35.3. The maximum Gasteiger partial charge on any atom is 0.312 e. The van der Waals surface area contributed by atoms with E-state index in [0.29, 0.717) is 5.52 Å². The molecule has 1 saturated heterocycles. The van der Waals surface area contributed by atoms with Gasteiger partial charge in [-0.3, -0.25) is 9.59 Å². The Balaban J connectivity index is 1.74. The molecular formula is C22H29N5O7. The number of carbonyl (C=O) groups excluding carboxylic acids is 2. The Morgan fingerprint density at radius 1 is 1.29 bits per heavy atom. The van der Waals surface area contributed by atoms with E-state index in [1.807, 2.05) is 6.07 Å². The topological polar surface area (TPSA) is 182 Å². The van der Waals surface area contributed by atoms with E-state index in [9.17, 15) is 25.1 Å². The van der Waals surface area contributed by atoms with E-state index in [4.69, 9.17) is 19.9 Å². The van der Waals surface area contributed by atoms with Crippen LogP contribution < -0.4 is 5.73 Å². The molecule has 0 aromatic carbocycles. The molecule has 2 aromatic heterocycles. The number of nitrogen functional groups attached to an aromatic ring is 1. The van der Waals surface area contributed by atoms with E-state index in [1.165, 1.54) is 30.8 Å². The Morgan fingerprint density at radius 3 is 2.59 bits per heavy atom. The van der Waals surface area contributed by atoms with Crippen molar-refractivity contribution in [3.63, 3.8) is 0 Å². The van der Waals surface area contributed by atoms with Crippen LogP contribution in [0.25, 0.3) is 5.52 Å². The number of nitriles is 1. The summed E-state index contributed by atoms with van der Waals surface area (Å²) in [6, 6.07) is 4.95. The molecule has 1 fully saturated rings. The SMILES string of the molecule is CC(C)(C)OC(=O)CC(C)(C)C(=O)OC[C@H]1O[C@@](C#N)(c2ccc3c(N)ncnn23)[C@H](O)[C@@H]1O. The molecule has 12 nitrogen and oxygen atoms in total. The van der Waals surface area contributed by atoms with Crippen LogP contribution in [-0.4, -0.2) is 67.3 Å². The minimum Gasteiger partial charge on any atom is -0.462 e. The fourth-order valence-electron chi connectivity index (χ4n) is 3.71. The van der Waals surface area contributed by atoms with Gasteiger partial charge in [-0.2, -0.15) is 10.4 Å². The fraction of sp³-hybridized carbons (Fsp3) is 0.591. The Labute approximate surface area is 196 Å². The third-order valence-corrected chi connectivity index (χ3v) is 5.42. The number of carbonyl (C=O) groups is 2. The fourth-order valence-corrected chi connectivity index (χ4v) is 3.71. The third kappa shape index (κ3) is 4.68. The summed E-state index contributed by atoms with van der Waals surface area (Å²) in [6.07, 6.45) is -3.49. The van der Waals surface area contributed by atoms with Gasteiger partial charge in [-0.15, -0.1) is 0 Å². The van der Waals surface area contributed by atoms with Gasteiger partial charge in [0.25, 0.3) is 0 Å². The molecule has 184 valence electrons. The van der Waals surface area contributed by atoms with Gasteiger partial charge in [0.05, 0.1) is 17.5 Å². The number of fused-ring (bicyclic) bond motifs is 1. The highest BCUT2D eigenvalue weighted by Crippen LogP contribution is 2.40. The normalized spacial score (nSPS) is 25.2. The first kappa shape index (κ1) is 25.4. The van der Waals surface area contributed by atoms with Gasteiger partial charge in [0, 0.05) is 0 Å². The summed E-state index contributed by atoms with van der Waals surface area (Å²) in [5.41, 5.74) is 2.43. The average molecular weight is 476 g/mol. The lowest BCUT2D eigenvalue weighted by molar-refractivity contribution is -0.169. The van der Waals surface area contributed by atoms with Gasteiger partial charge in [0.1, 0.15) is 48.4 Å². The van der Waals surface area contributed by atoms with Gasteiger partial charge in [-0.1, -0.05) is 0 Å². The standard InChI is InChI=1S/C22H29N5O7/c1-20(2,3)34-15(28)8-21(4,5)19(31)32-9-13-16(29)17(30)22(10-23,33-13)14-7-6-12-18(24)25-11-26-27(12)14/h6-7,11,13,16-17,29-30H,8-9H2,1-5H3,(H2,24,25,26)/t13-,16-,17-,22+/m1/s1. The number of hydrogen-bond acceptors (Lipinski definition) is 11. The molecule has 0 bridgehead atoms. The molecule has 1 aliphatic rings. The Bertz CT molecular complexity index is 1130. The third-order valence-electron chi connectivity index (χ3n) is 5.42. The van der Waals surface area contributed by atoms with Crippen molar-refractivity contribution in [2.45, 2.75) is 70.6 Å². The largest absolute Gasteiger partial charge is 0.462 e. The number of aliphatic hydroxyl groups is 2. The van der Waals surface area contributed by atoms with Crippen molar-refractivity contribution in [3.8, 4) is 6.07 Å².